The van der Waals surface area contributed by atoms with Gasteiger partial charge in [-0.1, -0.05) is 77.9 Å². The molecule has 4 rings (SSSR count). The van der Waals surface area contributed by atoms with E-state index >= 15 is 0 Å². The zero-order valence-electron chi connectivity index (χ0n) is 14.0. The molecule has 0 N–H and O–H groups in total. The summed E-state index contributed by atoms with van der Waals surface area (Å²) in [5, 5.41) is 2.38. The van der Waals surface area contributed by atoms with Crippen LogP contribution in [0.4, 0.5) is 0 Å². The summed E-state index contributed by atoms with van der Waals surface area (Å²) in [6, 6.07) is 23.3. The van der Waals surface area contributed by atoms with Gasteiger partial charge in [-0.2, -0.15) is 0 Å². The Kier molecular flexibility index (Phi) is 3.62. The first kappa shape index (κ1) is 14.6. The van der Waals surface area contributed by atoms with Crippen LogP contribution >= 0.6 is 0 Å². The van der Waals surface area contributed by atoms with E-state index in [1.807, 2.05) is 12.1 Å². The van der Waals surface area contributed by atoms with E-state index in [9.17, 15) is 0 Å². The third-order valence-electron chi connectivity index (χ3n) is 4.32. The summed E-state index contributed by atoms with van der Waals surface area (Å²) < 4.78 is 0. The molecule has 0 aliphatic heterocycles. The summed E-state index contributed by atoms with van der Waals surface area (Å²) in [6.07, 6.45) is 4.43. The second kappa shape index (κ2) is 5.93. The molecule has 0 amide bonds. The molecule has 1 nitrogen and oxygen atoms in total. The van der Waals surface area contributed by atoms with Crippen LogP contribution in [0, 0.1) is 13.8 Å². The van der Waals surface area contributed by atoms with Crippen molar-refractivity contribution in [2.24, 2.45) is 0 Å². The fourth-order valence-electron chi connectivity index (χ4n) is 3.34. The maximum Gasteiger partial charge on any atom is 0.0715 e. The number of pyridine rings is 1. The van der Waals surface area contributed by atoms with E-state index in [1.54, 1.807) is 0 Å². The highest BCUT2D eigenvalue weighted by atomic mass is 14.7. The predicted octanol–water partition coefficient (Wildman–Crippen LogP) is 6.18. The molecule has 0 atom stereocenters. The lowest BCUT2D eigenvalue weighted by Crippen LogP contribution is -1.87. The first-order valence-corrected chi connectivity index (χ1v) is 8.24. The highest BCUT2D eigenvalue weighted by molar-refractivity contribution is 6.04. The lowest BCUT2D eigenvalue weighted by atomic mass is 10.0. The van der Waals surface area contributed by atoms with Crippen molar-refractivity contribution in [1.82, 2.24) is 4.98 Å². The van der Waals surface area contributed by atoms with Crippen LogP contribution in [0.2, 0.25) is 0 Å². The van der Waals surface area contributed by atoms with E-state index in [1.165, 1.54) is 33.0 Å². The zero-order valence-corrected chi connectivity index (χ0v) is 14.0. The van der Waals surface area contributed by atoms with Gasteiger partial charge in [0.1, 0.15) is 0 Å². The number of para-hydroxylation sites is 2. The molecule has 3 aromatic carbocycles. The Labute approximate surface area is 142 Å². The van der Waals surface area contributed by atoms with Crippen molar-refractivity contribution < 1.29 is 0 Å². The van der Waals surface area contributed by atoms with Crippen LogP contribution in [-0.4, -0.2) is 4.98 Å². The number of aryl methyl sites for hydroxylation is 2. The molecule has 0 aliphatic carbocycles. The van der Waals surface area contributed by atoms with Crippen LogP contribution in [0.15, 0.2) is 66.7 Å². The Balaban J connectivity index is 1.94. The summed E-state index contributed by atoms with van der Waals surface area (Å²) in [7, 11) is 0. The van der Waals surface area contributed by atoms with Crippen molar-refractivity contribution >= 4 is 34.0 Å². The molecule has 0 saturated carbocycles. The minimum atomic E-state index is 1.04. The van der Waals surface area contributed by atoms with Crippen molar-refractivity contribution in [2.75, 3.05) is 0 Å². The Morgan fingerprint density at radius 3 is 1.79 bits per heavy atom. The van der Waals surface area contributed by atoms with Gasteiger partial charge in [-0.05, 0) is 37.1 Å². The quantitative estimate of drug-likeness (QED) is 0.403. The molecular weight excluding hydrogens is 290 g/mol. The Morgan fingerprint density at radius 1 is 0.667 bits per heavy atom. The van der Waals surface area contributed by atoms with Gasteiger partial charge in [0.05, 0.1) is 11.0 Å². The number of benzene rings is 3. The van der Waals surface area contributed by atoms with Crippen LogP contribution in [0.1, 0.15) is 22.3 Å². The van der Waals surface area contributed by atoms with Crippen LogP contribution in [-0.2, 0) is 0 Å². The maximum absolute atomic E-state index is 4.79. The first-order valence-electron chi connectivity index (χ1n) is 8.24. The van der Waals surface area contributed by atoms with E-state index in [0.717, 1.165) is 11.0 Å². The fourth-order valence-corrected chi connectivity index (χ4v) is 3.34. The highest BCUT2D eigenvalue weighted by Gasteiger charge is 2.06. The number of hydrogen-bond donors (Lipinski definition) is 0. The van der Waals surface area contributed by atoms with E-state index in [4.69, 9.17) is 4.98 Å². The third-order valence-corrected chi connectivity index (χ3v) is 4.32. The molecule has 0 radical (unpaired) electrons. The summed E-state index contributed by atoms with van der Waals surface area (Å²) >= 11 is 0. The van der Waals surface area contributed by atoms with Gasteiger partial charge in [0.2, 0.25) is 0 Å². The van der Waals surface area contributed by atoms with Crippen LogP contribution in [0.3, 0.4) is 0 Å². The van der Waals surface area contributed by atoms with Gasteiger partial charge in [-0.15, -0.1) is 0 Å². The molecule has 0 spiro atoms. The van der Waals surface area contributed by atoms with Crippen LogP contribution in [0.25, 0.3) is 34.0 Å². The molecule has 0 bridgehead atoms. The van der Waals surface area contributed by atoms with Crippen molar-refractivity contribution in [3.63, 3.8) is 0 Å². The molecule has 0 unspecified atom stereocenters. The predicted molar refractivity (Wildman–Crippen MR) is 104 cm³/mol. The summed E-state index contributed by atoms with van der Waals surface area (Å²) in [4.78, 5) is 4.79. The van der Waals surface area contributed by atoms with Gasteiger partial charge in [0, 0.05) is 10.8 Å². The summed E-state index contributed by atoms with van der Waals surface area (Å²) in [6.45, 7) is 4.28. The van der Waals surface area contributed by atoms with E-state index in [-0.39, 0.29) is 0 Å². The monoisotopic (exact) mass is 309 g/mol. The van der Waals surface area contributed by atoms with Crippen molar-refractivity contribution in [3.05, 3.63) is 89.0 Å². The van der Waals surface area contributed by atoms with E-state index in [2.05, 4.69) is 80.6 Å². The fraction of sp³-hybridized carbons (Fsp3) is 0.0870. The molecule has 1 aromatic heterocycles. The molecule has 0 fully saturated rings. The molecule has 116 valence electrons. The van der Waals surface area contributed by atoms with E-state index < -0.39 is 0 Å². The molecule has 24 heavy (non-hydrogen) atoms. The summed E-state index contributed by atoms with van der Waals surface area (Å²) in [5.41, 5.74) is 7.12. The first-order chi connectivity index (χ1) is 11.7. The molecule has 1 heterocycles. The molecular formula is C23H19N. The van der Waals surface area contributed by atoms with Gasteiger partial charge in [-0.3, -0.25) is 0 Å². The third kappa shape index (κ3) is 2.69. The standard InChI is InChI=1S/C23H19N/c1-16-13-17(2)15-18(14-16)11-12-19-20-7-3-5-9-22(20)24-23-10-6-4-8-21(19)23/h3-15H,1-2H3/b12-11+. The minimum absolute atomic E-state index is 1.04. The van der Waals surface area contributed by atoms with Gasteiger partial charge < -0.3 is 0 Å². The topological polar surface area (TPSA) is 12.9 Å². The Hall–Kier alpha value is -2.93. The molecule has 0 saturated heterocycles. The van der Waals surface area contributed by atoms with Gasteiger partial charge >= 0.3 is 0 Å². The second-order valence-electron chi connectivity index (χ2n) is 6.31. The Bertz CT molecular complexity index is 1000. The number of rotatable bonds is 2. The molecule has 1 heteroatoms. The normalized spacial score (nSPS) is 11.6. The van der Waals surface area contributed by atoms with Gasteiger partial charge in [0.25, 0.3) is 0 Å². The lowest BCUT2D eigenvalue weighted by Gasteiger charge is -2.07. The van der Waals surface area contributed by atoms with Crippen molar-refractivity contribution in [2.45, 2.75) is 13.8 Å². The molecule has 4 aromatic rings. The highest BCUT2D eigenvalue weighted by Crippen LogP contribution is 2.27. The second-order valence-corrected chi connectivity index (χ2v) is 6.31. The average Bonchev–Trinajstić information content (AvgIpc) is 2.58. The average molecular weight is 309 g/mol. The van der Waals surface area contributed by atoms with E-state index in [0.29, 0.717) is 0 Å². The van der Waals surface area contributed by atoms with Gasteiger partial charge in [0.15, 0.2) is 0 Å². The minimum Gasteiger partial charge on any atom is -0.248 e. The summed E-state index contributed by atoms with van der Waals surface area (Å²) in [5.74, 6) is 0. The molecule has 0 aliphatic rings. The van der Waals surface area contributed by atoms with Crippen molar-refractivity contribution in [3.8, 4) is 0 Å². The SMILES string of the molecule is Cc1cc(C)cc(/C=C/c2c3ccccc3nc3ccccc23)c1. The van der Waals surface area contributed by atoms with Crippen LogP contribution < -0.4 is 0 Å². The van der Waals surface area contributed by atoms with Gasteiger partial charge in [-0.25, -0.2) is 4.98 Å². The smallest absolute Gasteiger partial charge is 0.0715 e. The largest absolute Gasteiger partial charge is 0.248 e. The number of aromatic nitrogens is 1. The number of nitrogens with zero attached hydrogens (tertiary/aromatic N) is 1. The number of fused-ring (bicyclic) bond motifs is 2. The zero-order chi connectivity index (χ0) is 16.5. The number of hydrogen-bond acceptors (Lipinski definition) is 1. The van der Waals surface area contributed by atoms with Crippen LogP contribution in [0.5, 0.6) is 0 Å². The maximum atomic E-state index is 4.79. The van der Waals surface area contributed by atoms with Crippen molar-refractivity contribution in [1.29, 1.82) is 0 Å². The lowest BCUT2D eigenvalue weighted by molar-refractivity contribution is 1.37. The Morgan fingerprint density at radius 2 is 1.21 bits per heavy atom.